The van der Waals surface area contributed by atoms with Gasteiger partial charge in [-0.3, -0.25) is 10.1 Å². The van der Waals surface area contributed by atoms with E-state index in [-0.39, 0.29) is 17.0 Å². The monoisotopic (exact) mass is 185 g/mol. The van der Waals surface area contributed by atoms with Gasteiger partial charge in [0.25, 0.3) is 5.69 Å². The molecule has 0 saturated heterocycles. The normalized spacial score (nSPS) is 9.77. The average molecular weight is 185 g/mol. The van der Waals surface area contributed by atoms with Crippen LogP contribution in [0.2, 0.25) is 0 Å². The second kappa shape index (κ2) is 3.38. The summed E-state index contributed by atoms with van der Waals surface area (Å²) in [5.41, 5.74) is 0.0609. The van der Waals surface area contributed by atoms with Crippen molar-refractivity contribution >= 4 is 5.69 Å². The summed E-state index contributed by atoms with van der Waals surface area (Å²) in [6.07, 6.45) is 0. The van der Waals surface area contributed by atoms with Gasteiger partial charge >= 0.3 is 0 Å². The molecule has 13 heavy (non-hydrogen) atoms. The van der Waals surface area contributed by atoms with Gasteiger partial charge in [0.05, 0.1) is 17.6 Å². The molecular formula is C8H8FNO3. The number of rotatable bonds is 2. The minimum atomic E-state index is -0.592. The number of hydrogen-bond acceptors (Lipinski definition) is 3. The van der Waals surface area contributed by atoms with Gasteiger partial charge in [-0.2, -0.15) is 0 Å². The molecule has 0 N–H and O–H groups in total. The van der Waals surface area contributed by atoms with Gasteiger partial charge < -0.3 is 4.74 Å². The average Bonchev–Trinajstić information content (AvgIpc) is 2.04. The molecule has 0 aromatic heterocycles. The standard InChI is InChI=1S/C8H8FNO3/c1-5-7(10(11)12)4-3-6(9)8(5)13-2/h3-4H,1-2H3. The molecule has 0 aliphatic heterocycles. The Morgan fingerprint density at radius 1 is 1.54 bits per heavy atom. The molecule has 0 aliphatic carbocycles. The molecule has 4 nitrogen and oxygen atoms in total. The highest BCUT2D eigenvalue weighted by Gasteiger charge is 2.17. The third kappa shape index (κ3) is 1.58. The fourth-order valence-corrected chi connectivity index (χ4v) is 1.10. The molecule has 0 aliphatic rings. The maximum Gasteiger partial charge on any atom is 0.276 e. The molecule has 0 unspecified atom stereocenters. The van der Waals surface area contributed by atoms with E-state index in [1.54, 1.807) is 0 Å². The van der Waals surface area contributed by atoms with Crippen LogP contribution in [0.4, 0.5) is 10.1 Å². The minimum absolute atomic E-state index is 0.0748. The SMILES string of the molecule is COc1c(F)ccc([N+](=O)[O-])c1C. The minimum Gasteiger partial charge on any atom is -0.493 e. The number of nitro groups is 1. The van der Waals surface area contributed by atoms with Crippen LogP contribution in [0.1, 0.15) is 5.56 Å². The van der Waals surface area contributed by atoms with Crippen LogP contribution in [0.15, 0.2) is 12.1 Å². The summed E-state index contributed by atoms with van der Waals surface area (Å²) in [5.74, 6) is -0.667. The van der Waals surface area contributed by atoms with Gasteiger partial charge in [0.2, 0.25) is 0 Å². The predicted octanol–water partition coefficient (Wildman–Crippen LogP) is 2.05. The fraction of sp³-hybridized carbons (Fsp3) is 0.250. The zero-order valence-corrected chi connectivity index (χ0v) is 7.20. The van der Waals surface area contributed by atoms with E-state index in [9.17, 15) is 14.5 Å². The van der Waals surface area contributed by atoms with Crippen molar-refractivity contribution in [3.63, 3.8) is 0 Å². The molecule has 1 aromatic carbocycles. The Morgan fingerprint density at radius 3 is 2.62 bits per heavy atom. The molecule has 0 atom stereocenters. The Balaban J connectivity index is 3.35. The molecule has 0 radical (unpaired) electrons. The topological polar surface area (TPSA) is 52.4 Å². The molecule has 0 heterocycles. The highest BCUT2D eigenvalue weighted by Crippen LogP contribution is 2.29. The lowest BCUT2D eigenvalue weighted by atomic mass is 10.2. The van der Waals surface area contributed by atoms with Gasteiger partial charge in [-0.05, 0) is 13.0 Å². The van der Waals surface area contributed by atoms with E-state index in [1.165, 1.54) is 14.0 Å². The Kier molecular flexibility index (Phi) is 2.46. The maximum atomic E-state index is 12.9. The van der Waals surface area contributed by atoms with E-state index in [2.05, 4.69) is 4.74 Å². The highest BCUT2D eigenvalue weighted by molar-refractivity contribution is 5.49. The van der Waals surface area contributed by atoms with Crippen molar-refractivity contribution in [2.45, 2.75) is 6.92 Å². The molecule has 0 spiro atoms. The number of hydrogen-bond donors (Lipinski definition) is 0. The lowest BCUT2D eigenvalue weighted by Crippen LogP contribution is -1.97. The van der Waals surface area contributed by atoms with Crippen LogP contribution >= 0.6 is 0 Å². The largest absolute Gasteiger partial charge is 0.493 e. The number of nitro benzene ring substituents is 1. The van der Waals surface area contributed by atoms with E-state index in [4.69, 9.17) is 0 Å². The van der Waals surface area contributed by atoms with Crippen LogP contribution in [0.5, 0.6) is 5.75 Å². The van der Waals surface area contributed by atoms with Crippen LogP contribution in [0.25, 0.3) is 0 Å². The number of benzene rings is 1. The predicted molar refractivity (Wildman–Crippen MR) is 44.3 cm³/mol. The maximum absolute atomic E-state index is 12.9. The second-order valence-electron chi connectivity index (χ2n) is 2.48. The Morgan fingerprint density at radius 2 is 2.15 bits per heavy atom. The van der Waals surface area contributed by atoms with E-state index < -0.39 is 10.7 Å². The van der Waals surface area contributed by atoms with Gasteiger partial charge in [0.15, 0.2) is 11.6 Å². The van der Waals surface area contributed by atoms with Crippen molar-refractivity contribution in [2.75, 3.05) is 7.11 Å². The molecule has 5 heteroatoms. The quantitative estimate of drug-likeness (QED) is 0.523. The number of methoxy groups -OCH3 is 1. The first-order chi connectivity index (χ1) is 6.07. The summed E-state index contributed by atoms with van der Waals surface area (Å²) < 4.78 is 17.6. The third-order valence-corrected chi connectivity index (χ3v) is 1.73. The number of halogens is 1. The molecule has 0 saturated carbocycles. The molecule has 1 rings (SSSR count). The van der Waals surface area contributed by atoms with Gasteiger partial charge in [0, 0.05) is 6.07 Å². The molecule has 1 aromatic rings. The van der Waals surface area contributed by atoms with E-state index in [0.717, 1.165) is 12.1 Å². The zero-order chi connectivity index (χ0) is 10.0. The molecular weight excluding hydrogens is 177 g/mol. The van der Waals surface area contributed by atoms with Crippen molar-refractivity contribution < 1.29 is 14.1 Å². The number of nitrogens with zero attached hydrogens (tertiary/aromatic N) is 1. The zero-order valence-electron chi connectivity index (χ0n) is 7.20. The van der Waals surface area contributed by atoms with Crippen LogP contribution < -0.4 is 4.74 Å². The number of ether oxygens (including phenoxy) is 1. The van der Waals surface area contributed by atoms with Crippen molar-refractivity contribution in [2.24, 2.45) is 0 Å². The summed E-state index contributed by atoms with van der Waals surface area (Å²) in [6.45, 7) is 1.44. The third-order valence-electron chi connectivity index (χ3n) is 1.73. The summed E-state index contributed by atoms with van der Waals surface area (Å²) in [7, 11) is 1.27. The Labute approximate surface area is 74.1 Å². The summed E-state index contributed by atoms with van der Waals surface area (Å²) in [5, 5.41) is 10.4. The first kappa shape index (κ1) is 9.44. The van der Waals surface area contributed by atoms with E-state index in [0.29, 0.717) is 0 Å². The lowest BCUT2D eigenvalue weighted by molar-refractivity contribution is -0.385. The van der Waals surface area contributed by atoms with Crippen molar-refractivity contribution in [1.82, 2.24) is 0 Å². The Bertz CT molecular complexity index is 351. The smallest absolute Gasteiger partial charge is 0.276 e. The lowest BCUT2D eigenvalue weighted by Gasteiger charge is -2.05. The first-order valence-electron chi connectivity index (χ1n) is 3.55. The van der Waals surface area contributed by atoms with Crippen LogP contribution in [-0.2, 0) is 0 Å². The Hall–Kier alpha value is -1.65. The molecule has 0 amide bonds. The fourth-order valence-electron chi connectivity index (χ4n) is 1.10. The van der Waals surface area contributed by atoms with Crippen molar-refractivity contribution in [3.8, 4) is 5.75 Å². The summed E-state index contributed by atoms with van der Waals surface area (Å²) in [6, 6.07) is 2.14. The summed E-state index contributed by atoms with van der Waals surface area (Å²) >= 11 is 0. The van der Waals surface area contributed by atoms with Gasteiger partial charge in [0.1, 0.15) is 0 Å². The van der Waals surface area contributed by atoms with Crippen molar-refractivity contribution in [3.05, 3.63) is 33.6 Å². The van der Waals surface area contributed by atoms with Gasteiger partial charge in [-0.15, -0.1) is 0 Å². The van der Waals surface area contributed by atoms with Gasteiger partial charge in [-0.1, -0.05) is 0 Å². The van der Waals surface area contributed by atoms with E-state index in [1.807, 2.05) is 0 Å². The van der Waals surface area contributed by atoms with Crippen molar-refractivity contribution in [1.29, 1.82) is 0 Å². The van der Waals surface area contributed by atoms with Crippen LogP contribution in [-0.4, -0.2) is 12.0 Å². The van der Waals surface area contributed by atoms with Crippen LogP contribution in [0.3, 0.4) is 0 Å². The molecule has 0 fully saturated rings. The highest BCUT2D eigenvalue weighted by atomic mass is 19.1. The first-order valence-corrected chi connectivity index (χ1v) is 3.55. The van der Waals surface area contributed by atoms with Crippen LogP contribution in [0, 0.1) is 22.9 Å². The molecule has 0 bridgehead atoms. The molecule has 70 valence electrons. The van der Waals surface area contributed by atoms with E-state index >= 15 is 0 Å². The second-order valence-corrected chi connectivity index (χ2v) is 2.48. The summed E-state index contributed by atoms with van der Waals surface area (Å²) in [4.78, 5) is 9.86. The van der Waals surface area contributed by atoms with Gasteiger partial charge in [-0.25, -0.2) is 4.39 Å².